The Labute approximate surface area is 138 Å². The smallest absolute Gasteiger partial charge is 0.303 e. The van der Waals surface area contributed by atoms with Gasteiger partial charge in [-0.1, -0.05) is 18.2 Å². The van der Waals surface area contributed by atoms with Gasteiger partial charge in [0.1, 0.15) is 5.82 Å². The number of benzene rings is 2. The van der Waals surface area contributed by atoms with Crippen molar-refractivity contribution in [3.8, 4) is 0 Å². The van der Waals surface area contributed by atoms with Gasteiger partial charge >= 0.3 is 5.97 Å². The number of halogens is 1. The first-order valence-electron chi connectivity index (χ1n) is 7.22. The van der Waals surface area contributed by atoms with Crippen molar-refractivity contribution in [3.05, 3.63) is 66.1 Å². The lowest BCUT2D eigenvalue weighted by Crippen LogP contribution is -2.16. The number of carbonyl (C=O) groups is 1. The zero-order valence-corrected chi connectivity index (χ0v) is 13.3. The molecule has 1 heterocycles. The van der Waals surface area contributed by atoms with E-state index in [1.165, 1.54) is 36.4 Å². The molecule has 2 aromatic carbocycles. The number of aliphatic carboxylic acids is 1. The van der Waals surface area contributed by atoms with Gasteiger partial charge in [0.15, 0.2) is 0 Å². The average molecular weight is 347 g/mol. The van der Waals surface area contributed by atoms with E-state index in [0.29, 0.717) is 16.6 Å². The highest BCUT2D eigenvalue weighted by molar-refractivity contribution is 7.90. The van der Waals surface area contributed by atoms with Gasteiger partial charge in [-0.3, -0.25) is 4.79 Å². The number of carboxylic acids is 1. The summed E-state index contributed by atoms with van der Waals surface area (Å²) in [7, 11) is -3.91. The minimum Gasteiger partial charge on any atom is -0.481 e. The van der Waals surface area contributed by atoms with Crippen LogP contribution in [0.15, 0.2) is 59.5 Å². The van der Waals surface area contributed by atoms with Gasteiger partial charge in [-0.2, -0.15) is 0 Å². The first kappa shape index (κ1) is 16.2. The Morgan fingerprint density at radius 2 is 1.79 bits per heavy atom. The SMILES string of the molecule is O=C(O)CCc1cc2cc(F)ccc2n1S(=O)(=O)c1ccccc1. The van der Waals surface area contributed by atoms with Crippen molar-refractivity contribution in [3.63, 3.8) is 0 Å². The second-order valence-electron chi connectivity index (χ2n) is 5.32. The Balaban J connectivity index is 2.24. The summed E-state index contributed by atoms with van der Waals surface area (Å²) in [5.41, 5.74) is 0.627. The van der Waals surface area contributed by atoms with Crippen molar-refractivity contribution in [2.24, 2.45) is 0 Å². The van der Waals surface area contributed by atoms with Crippen molar-refractivity contribution in [1.29, 1.82) is 0 Å². The van der Waals surface area contributed by atoms with E-state index in [4.69, 9.17) is 5.11 Å². The number of aromatic nitrogens is 1. The fraction of sp³-hybridized carbons (Fsp3) is 0.118. The third-order valence-corrected chi connectivity index (χ3v) is 5.45. The highest BCUT2D eigenvalue weighted by atomic mass is 32.2. The molecule has 0 atom stereocenters. The Morgan fingerprint density at radius 3 is 2.46 bits per heavy atom. The summed E-state index contributed by atoms with van der Waals surface area (Å²) in [4.78, 5) is 10.9. The molecule has 0 unspecified atom stereocenters. The van der Waals surface area contributed by atoms with Gasteiger partial charge in [0.05, 0.1) is 16.8 Å². The normalized spacial score (nSPS) is 11.7. The van der Waals surface area contributed by atoms with Crippen molar-refractivity contribution < 1.29 is 22.7 Å². The lowest BCUT2D eigenvalue weighted by atomic mass is 10.2. The number of carboxylic acid groups (broad SMARTS) is 1. The third-order valence-electron chi connectivity index (χ3n) is 3.67. The topological polar surface area (TPSA) is 76.4 Å². The third kappa shape index (κ3) is 2.90. The molecule has 0 radical (unpaired) electrons. The number of rotatable bonds is 5. The summed E-state index contributed by atoms with van der Waals surface area (Å²) in [5.74, 6) is -1.52. The van der Waals surface area contributed by atoms with Gasteiger partial charge < -0.3 is 5.11 Å². The largest absolute Gasteiger partial charge is 0.481 e. The quantitative estimate of drug-likeness (QED) is 0.770. The molecule has 0 saturated carbocycles. The Bertz CT molecular complexity index is 1010. The van der Waals surface area contributed by atoms with Crippen LogP contribution in [0.2, 0.25) is 0 Å². The molecular weight excluding hydrogens is 333 g/mol. The molecule has 0 bridgehead atoms. The molecular formula is C17H14FNO4S. The van der Waals surface area contributed by atoms with Crippen molar-refractivity contribution in [2.75, 3.05) is 0 Å². The van der Waals surface area contributed by atoms with E-state index in [0.717, 1.165) is 3.97 Å². The lowest BCUT2D eigenvalue weighted by Gasteiger charge is -2.11. The first-order chi connectivity index (χ1) is 11.4. The predicted molar refractivity (Wildman–Crippen MR) is 86.9 cm³/mol. The molecule has 5 nitrogen and oxygen atoms in total. The molecule has 0 aliphatic rings. The zero-order valence-electron chi connectivity index (χ0n) is 12.5. The van der Waals surface area contributed by atoms with Gasteiger partial charge in [-0.25, -0.2) is 16.8 Å². The molecule has 1 N–H and O–H groups in total. The maximum Gasteiger partial charge on any atom is 0.303 e. The molecule has 0 spiro atoms. The summed E-state index contributed by atoms with van der Waals surface area (Å²) in [5, 5.41) is 9.30. The van der Waals surface area contributed by atoms with Crippen LogP contribution < -0.4 is 0 Å². The van der Waals surface area contributed by atoms with Crippen molar-refractivity contribution in [2.45, 2.75) is 17.7 Å². The standard InChI is InChI=1S/C17H14FNO4S/c18-13-6-8-16-12(10-13)11-14(7-9-17(20)21)19(16)24(22,23)15-4-2-1-3-5-15/h1-6,8,10-11H,7,9H2,(H,20,21). The molecule has 3 aromatic rings. The Morgan fingerprint density at radius 1 is 1.08 bits per heavy atom. The van der Waals surface area contributed by atoms with Gasteiger partial charge in [0, 0.05) is 11.1 Å². The highest BCUT2D eigenvalue weighted by Crippen LogP contribution is 2.27. The van der Waals surface area contributed by atoms with E-state index >= 15 is 0 Å². The molecule has 124 valence electrons. The average Bonchev–Trinajstić information content (AvgIpc) is 2.91. The van der Waals surface area contributed by atoms with Gasteiger partial charge in [0.25, 0.3) is 10.0 Å². The van der Waals surface area contributed by atoms with E-state index in [9.17, 15) is 17.6 Å². The molecule has 7 heteroatoms. The van der Waals surface area contributed by atoms with Gasteiger partial charge in [-0.05, 0) is 42.8 Å². The molecule has 3 rings (SSSR count). The van der Waals surface area contributed by atoms with E-state index in [1.807, 2.05) is 0 Å². The van der Waals surface area contributed by atoms with Crippen LogP contribution in [0, 0.1) is 5.82 Å². The molecule has 0 saturated heterocycles. The summed E-state index contributed by atoms with van der Waals surface area (Å²) >= 11 is 0. The molecule has 0 aliphatic carbocycles. The van der Waals surface area contributed by atoms with Crippen LogP contribution in [0.3, 0.4) is 0 Å². The summed E-state index contributed by atoms with van der Waals surface area (Å²) in [6.45, 7) is 0. The van der Waals surface area contributed by atoms with E-state index in [-0.39, 0.29) is 17.7 Å². The minimum atomic E-state index is -3.91. The Kier molecular flexibility index (Phi) is 4.11. The lowest BCUT2D eigenvalue weighted by molar-refractivity contribution is -0.136. The van der Waals surface area contributed by atoms with Gasteiger partial charge in [0.2, 0.25) is 0 Å². The van der Waals surface area contributed by atoms with E-state index in [1.54, 1.807) is 18.2 Å². The van der Waals surface area contributed by atoms with Crippen molar-refractivity contribution >= 4 is 26.9 Å². The molecule has 0 amide bonds. The second-order valence-corrected chi connectivity index (χ2v) is 7.10. The number of hydrogen-bond acceptors (Lipinski definition) is 3. The summed E-state index contributed by atoms with van der Waals surface area (Å²) < 4.78 is 40.5. The summed E-state index contributed by atoms with van der Waals surface area (Å²) in [6, 6.07) is 13.2. The summed E-state index contributed by atoms with van der Waals surface area (Å²) in [6.07, 6.45) is -0.194. The van der Waals surface area contributed by atoms with Crippen LogP contribution in [-0.2, 0) is 21.2 Å². The molecule has 24 heavy (non-hydrogen) atoms. The molecule has 0 aliphatic heterocycles. The van der Waals surface area contributed by atoms with E-state index < -0.39 is 21.8 Å². The predicted octanol–water partition coefficient (Wildman–Crippen LogP) is 3.03. The van der Waals surface area contributed by atoms with Gasteiger partial charge in [-0.15, -0.1) is 0 Å². The maximum absolute atomic E-state index is 13.5. The monoisotopic (exact) mass is 347 g/mol. The van der Waals surface area contributed by atoms with Crippen molar-refractivity contribution in [1.82, 2.24) is 3.97 Å². The number of hydrogen-bond donors (Lipinski definition) is 1. The maximum atomic E-state index is 13.5. The minimum absolute atomic E-state index is 0.0255. The van der Waals surface area contributed by atoms with Crippen LogP contribution in [0.5, 0.6) is 0 Å². The Hall–Kier alpha value is -2.67. The number of aryl methyl sites for hydroxylation is 1. The van der Waals surface area contributed by atoms with Crippen LogP contribution in [0.25, 0.3) is 10.9 Å². The van der Waals surface area contributed by atoms with Crippen LogP contribution in [0.4, 0.5) is 4.39 Å². The van der Waals surface area contributed by atoms with Crippen LogP contribution in [-0.4, -0.2) is 23.5 Å². The zero-order chi connectivity index (χ0) is 17.3. The molecule has 1 aromatic heterocycles. The number of nitrogens with zero attached hydrogens (tertiary/aromatic N) is 1. The van der Waals surface area contributed by atoms with Crippen LogP contribution >= 0.6 is 0 Å². The molecule has 0 fully saturated rings. The second kappa shape index (κ2) is 6.09. The first-order valence-corrected chi connectivity index (χ1v) is 8.66. The fourth-order valence-corrected chi connectivity index (χ4v) is 4.20. The number of fused-ring (bicyclic) bond motifs is 1. The highest BCUT2D eigenvalue weighted by Gasteiger charge is 2.23. The van der Waals surface area contributed by atoms with Crippen LogP contribution in [0.1, 0.15) is 12.1 Å². The van der Waals surface area contributed by atoms with E-state index in [2.05, 4.69) is 0 Å². The fourth-order valence-electron chi connectivity index (χ4n) is 2.61.